The lowest BCUT2D eigenvalue weighted by Gasteiger charge is -2.28. The molecule has 5 rings (SSSR count). The molecular weight excluding hydrogens is 490 g/mol. The Morgan fingerprint density at radius 3 is 2.44 bits per heavy atom. The molecule has 1 unspecified atom stereocenters. The van der Waals surface area contributed by atoms with Crippen molar-refractivity contribution >= 4 is 5.91 Å². The number of nitrogens with one attached hydrogen (secondary N) is 1. The molecule has 2 aromatic carbocycles. The van der Waals surface area contributed by atoms with Crippen molar-refractivity contribution in [3.05, 3.63) is 89.9 Å². The summed E-state index contributed by atoms with van der Waals surface area (Å²) in [5.74, 6) is 1.10. The van der Waals surface area contributed by atoms with Crippen LogP contribution >= 0.6 is 0 Å². The molecule has 2 aromatic heterocycles. The van der Waals surface area contributed by atoms with E-state index in [-0.39, 0.29) is 18.6 Å². The maximum Gasteiger partial charge on any atom is 0.270 e. The fraction of sp³-hybridized carbons (Fsp3) is 0.323. The summed E-state index contributed by atoms with van der Waals surface area (Å²) in [4.78, 5) is 19.5. The summed E-state index contributed by atoms with van der Waals surface area (Å²) in [5.41, 5.74) is 6.29. The van der Waals surface area contributed by atoms with Crippen molar-refractivity contribution in [3.8, 4) is 28.1 Å². The highest BCUT2D eigenvalue weighted by Crippen LogP contribution is 2.36. The molecule has 39 heavy (non-hydrogen) atoms. The first-order chi connectivity index (χ1) is 18.9. The number of likely N-dealkylation sites (N-methyl/N-ethyl adjacent to an activating group) is 1. The third-order valence-corrected chi connectivity index (χ3v) is 7.06. The van der Waals surface area contributed by atoms with Crippen LogP contribution in [0, 0.1) is 0 Å². The normalized spacial score (nSPS) is 14.9. The van der Waals surface area contributed by atoms with Crippen molar-refractivity contribution in [2.75, 3.05) is 26.7 Å². The first-order valence-electron chi connectivity index (χ1n) is 13.4. The molecule has 202 valence electrons. The molecule has 1 atom stereocenters. The minimum absolute atomic E-state index is 0.0741. The van der Waals surface area contributed by atoms with Gasteiger partial charge in [0.1, 0.15) is 23.7 Å². The SMILES string of the molecule is CC(C)c1ccc(COc2ccc(-c3c(-c4ccncc4)nn4c3C(=O)NC(CN(C)CCO)C4)cc2)cc1. The van der Waals surface area contributed by atoms with E-state index in [1.54, 1.807) is 12.4 Å². The Morgan fingerprint density at radius 1 is 1.05 bits per heavy atom. The van der Waals surface area contributed by atoms with Crippen LogP contribution in [0.2, 0.25) is 0 Å². The molecule has 0 fully saturated rings. The zero-order valence-electron chi connectivity index (χ0n) is 22.7. The van der Waals surface area contributed by atoms with Crippen LogP contribution in [0.3, 0.4) is 0 Å². The number of hydrogen-bond acceptors (Lipinski definition) is 6. The van der Waals surface area contributed by atoms with Gasteiger partial charge in [-0.25, -0.2) is 0 Å². The highest BCUT2D eigenvalue weighted by Gasteiger charge is 2.32. The van der Waals surface area contributed by atoms with Gasteiger partial charge in [-0.05, 0) is 53.9 Å². The standard InChI is InChI=1S/C31H35N5O3/c1-21(2)23-6-4-22(5-7-23)20-39-27-10-8-24(9-11-27)28-29(25-12-14-32-15-13-25)34-36-19-26(18-35(3)16-17-37)33-31(38)30(28)36/h4-15,21,26,37H,16-20H2,1-3H3,(H,33,38). The molecule has 1 amide bonds. The Labute approximate surface area is 229 Å². The Bertz CT molecular complexity index is 1400. The molecule has 2 N–H and O–H groups in total. The number of aliphatic hydroxyl groups excluding tert-OH is 1. The van der Waals surface area contributed by atoms with Crippen molar-refractivity contribution in [1.29, 1.82) is 0 Å². The molecule has 0 spiro atoms. The van der Waals surface area contributed by atoms with E-state index in [1.807, 2.05) is 53.0 Å². The van der Waals surface area contributed by atoms with Gasteiger partial charge < -0.3 is 20.1 Å². The highest BCUT2D eigenvalue weighted by atomic mass is 16.5. The zero-order valence-corrected chi connectivity index (χ0v) is 22.7. The summed E-state index contributed by atoms with van der Waals surface area (Å²) >= 11 is 0. The lowest BCUT2D eigenvalue weighted by atomic mass is 9.98. The van der Waals surface area contributed by atoms with E-state index in [9.17, 15) is 9.90 Å². The molecule has 0 saturated heterocycles. The van der Waals surface area contributed by atoms with Crippen molar-refractivity contribution in [1.82, 2.24) is 25.0 Å². The fourth-order valence-electron chi connectivity index (χ4n) is 4.94. The van der Waals surface area contributed by atoms with Crippen molar-refractivity contribution in [2.45, 2.75) is 39.0 Å². The Balaban J connectivity index is 1.41. The van der Waals surface area contributed by atoms with Gasteiger partial charge in [-0.2, -0.15) is 5.10 Å². The van der Waals surface area contributed by atoms with Crippen LogP contribution in [0.5, 0.6) is 5.75 Å². The molecule has 4 aromatic rings. The summed E-state index contributed by atoms with van der Waals surface area (Å²) in [6.07, 6.45) is 3.46. The van der Waals surface area contributed by atoms with Crippen LogP contribution < -0.4 is 10.1 Å². The molecule has 8 nitrogen and oxygen atoms in total. The van der Waals surface area contributed by atoms with Crippen molar-refractivity contribution in [2.24, 2.45) is 0 Å². The Morgan fingerprint density at radius 2 is 1.77 bits per heavy atom. The largest absolute Gasteiger partial charge is 0.489 e. The molecule has 3 heterocycles. The maximum absolute atomic E-state index is 13.4. The first-order valence-corrected chi connectivity index (χ1v) is 13.4. The van der Waals surface area contributed by atoms with E-state index in [0.717, 1.165) is 33.7 Å². The molecular formula is C31H35N5O3. The van der Waals surface area contributed by atoms with E-state index < -0.39 is 0 Å². The zero-order chi connectivity index (χ0) is 27.4. The summed E-state index contributed by atoms with van der Waals surface area (Å²) < 4.78 is 7.87. The summed E-state index contributed by atoms with van der Waals surface area (Å²) in [5, 5.41) is 17.3. The molecule has 0 radical (unpaired) electrons. The van der Waals surface area contributed by atoms with Gasteiger partial charge in [0, 0.05) is 36.6 Å². The number of benzene rings is 2. The van der Waals surface area contributed by atoms with E-state index >= 15 is 0 Å². The van der Waals surface area contributed by atoms with Gasteiger partial charge in [0.2, 0.25) is 0 Å². The molecule has 1 aliphatic heterocycles. The van der Waals surface area contributed by atoms with Crippen LogP contribution in [0.15, 0.2) is 73.1 Å². The quantitative estimate of drug-likeness (QED) is 0.320. The van der Waals surface area contributed by atoms with Crippen molar-refractivity contribution < 1.29 is 14.6 Å². The average molecular weight is 526 g/mol. The second-order valence-corrected chi connectivity index (χ2v) is 10.4. The first kappa shape index (κ1) is 26.6. The number of aliphatic hydroxyl groups is 1. The predicted molar refractivity (Wildman–Crippen MR) is 152 cm³/mol. The molecule has 0 saturated carbocycles. The van der Waals surface area contributed by atoms with E-state index in [2.05, 4.69) is 48.4 Å². The Kier molecular flexibility index (Phi) is 8.05. The number of pyridine rings is 1. The maximum atomic E-state index is 13.4. The molecule has 1 aliphatic rings. The third-order valence-electron chi connectivity index (χ3n) is 7.06. The topological polar surface area (TPSA) is 92.5 Å². The highest BCUT2D eigenvalue weighted by molar-refractivity contribution is 6.03. The van der Waals surface area contributed by atoms with Crippen molar-refractivity contribution in [3.63, 3.8) is 0 Å². The van der Waals surface area contributed by atoms with Gasteiger partial charge in [0.05, 0.1) is 19.2 Å². The number of carbonyl (C=O) groups excluding carboxylic acids is 1. The number of hydrogen-bond donors (Lipinski definition) is 2. The smallest absolute Gasteiger partial charge is 0.270 e. The van der Waals surface area contributed by atoms with E-state index in [1.165, 1.54) is 5.56 Å². The minimum Gasteiger partial charge on any atom is -0.489 e. The lowest BCUT2D eigenvalue weighted by molar-refractivity contribution is 0.0878. The molecule has 0 aliphatic carbocycles. The van der Waals surface area contributed by atoms with Crippen LogP contribution in [-0.4, -0.2) is 63.5 Å². The predicted octanol–water partition coefficient (Wildman–Crippen LogP) is 4.35. The van der Waals surface area contributed by atoms with Crippen LogP contribution in [0.4, 0.5) is 0 Å². The monoisotopic (exact) mass is 525 g/mol. The van der Waals surface area contributed by atoms with Gasteiger partial charge in [0.25, 0.3) is 5.91 Å². The number of nitrogens with zero attached hydrogens (tertiary/aromatic N) is 4. The second-order valence-electron chi connectivity index (χ2n) is 10.4. The van der Waals surface area contributed by atoms with Crippen LogP contribution in [0.25, 0.3) is 22.4 Å². The minimum atomic E-state index is -0.156. The fourth-order valence-corrected chi connectivity index (χ4v) is 4.94. The van der Waals surface area contributed by atoms with E-state index in [0.29, 0.717) is 37.9 Å². The Hall–Kier alpha value is -4.01. The van der Waals surface area contributed by atoms with Gasteiger partial charge in [-0.3, -0.25) is 14.5 Å². The number of ether oxygens (including phenoxy) is 1. The van der Waals surface area contributed by atoms with Crippen LogP contribution in [0.1, 0.15) is 41.4 Å². The molecule has 8 heteroatoms. The number of amides is 1. The summed E-state index contributed by atoms with van der Waals surface area (Å²) in [7, 11) is 1.93. The third kappa shape index (κ3) is 6.02. The molecule has 0 bridgehead atoms. The van der Waals surface area contributed by atoms with E-state index in [4.69, 9.17) is 9.84 Å². The number of carbonyl (C=O) groups is 1. The van der Waals surface area contributed by atoms with Gasteiger partial charge in [-0.1, -0.05) is 50.2 Å². The van der Waals surface area contributed by atoms with Gasteiger partial charge in [0.15, 0.2) is 0 Å². The summed E-state index contributed by atoms with van der Waals surface area (Å²) in [6.45, 7) is 6.64. The van der Waals surface area contributed by atoms with Gasteiger partial charge in [-0.15, -0.1) is 0 Å². The average Bonchev–Trinajstić information content (AvgIpc) is 3.33. The number of rotatable bonds is 10. The van der Waals surface area contributed by atoms with Crippen LogP contribution in [-0.2, 0) is 13.2 Å². The van der Waals surface area contributed by atoms with Gasteiger partial charge >= 0.3 is 0 Å². The summed E-state index contributed by atoms with van der Waals surface area (Å²) in [6, 6.07) is 20.1. The lowest BCUT2D eigenvalue weighted by Crippen LogP contribution is -2.50. The number of fused-ring (bicyclic) bond motifs is 1. The number of aromatic nitrogens is 3. The second kappa shape index (κ2) is 11.8.